The number of imidazole rings is 1. The number of carbonyl (C=O) groups excluding carboxylic acids is 1. The number of fused-ring (bicyclic) bond motifs is 1. The molecule has 0 unspecified atom stereocenters. The largest absolute Gasteiger partial charge is 0.312 e. The summed E-state index contributed by atoms with van der Waals surface area (Å²) in [7, 11) is 0. The Morgan fingerprint density at radius 1 is 1.57 bits per heavy atom. The molecule has 2 aromatic heterocycles. The molecule has 14 heavy (non-hydrogen) atoms. The van der Waals surface area contributed by atoms with Crippen molar-refractivity contribution in [2.75, 3.05) is 0 Å². The average Bonchev–Trinajstić information content (AvgIpc) is 2.59. The minimum Gasteiger partial charge on any atom is -0.301 e. The van der Waals surface area contributed by atoms with Crippen LogP contribution in [0.1, 0.15) is 10.5 Å². The summed E-state index contributed by atoms with van der Waals surface area (Å²) in [6, 6.07) is 2.87. The van der Waals surface area contributed by atoms with Crippen LogP contribution >= 0.6 is 0 Å². The zero-order valence-corrected chi connectivity index (χ0v) is 6.95. The monoisotopic (exact) mass is 191 g/mol. The minimum atomic E-state index is -0.531. The van der Waals surface area contributed by atoms with E-state index in [4.69, 9.17) is 0 Å². The molecule has 0 aromatic carbocycles. The molecule has 6 heteroatoms. The van der Waals surface area contributed by atoms with Crippen LogP contribution in [-0.4, -0.2) is 20.6 Å². The first-order valence-corrected chi connectivity index (χ1v) is 3.79. The van der Waals surface area contributed by atoms with Crippen LogP contribution in [0.4, 0.5) is 5.69 Å². The second-order valence-electron chi connectivity index (χ2n) is 2.67. The number of nitrogens with zero attached hydrogens (tertiary/aromatic N) is 3. The molecule has 2 aromatic rings. The van der Waals surface area contributed by atoms with Gasteiger partial charge in [0, 0.05) is 18.5 Å². The molecule has 0 bridgehead atoms. The summed E-state index contributed by atoms with van der Waals surface area (Å²) in [5.74, 6) is 0. The molecular weight excluding hydrogens is 186 g/mol. The van der Waals surface area contributed by atoms with Crippen LogP contribution in [-0.2, 0) is 0 Å². The number of carbonyl (C=O) groups is 1. The fraction of sp³-hybridized carbons (Fsp3) is 0. The van der Waals surface area contributed by atoms with Crippen molar-refractivity contribution >= 4 is 17.6 Å². The van der Waals surface area contributed by atoms with Crippen LogP contribution in [0.15, 0.2) is 24.5 Å². The molecule has 0 aliphatic rings. The van der Waals surface area contributed by atoms with Gasteiger partial charge < -0.3 is 4.40 Å². The summed E-state index contributed by atoms with van der Waals surface area (Å²) in [4.78, 5) is 24.3. The molecular formula is C8H5N3O3. The van der Waals surface area contributed by atoms with Crippen molar-refractivity contribution in [3.8, 4) is 0 Å². The van der Waals surface area contributed by atoms with Crippen LogP contribution in [0.25, 0.3) is 5.65 Å². The lowest BCUT2D eigenvalue weighted by atomic mass is 10.4. The number of nitro groups is 1. The van der Waals surface area contributed by atoms with E-state index in [1.807, 2.05) is 0 Å². The van der Waals surface area contributed by atoms with E-state index in [0.29, 0.717) is 6.29 Å². The third-order valence-corrected chi connectivity index (χ3v) is 1.80. The van der Waals surface area contributed by atoms with Crippen LogP contribution in [0.3, 0.4) is 0 Å². The molecule has 0 N–H and O–H groups in total. The first-order chi connectivity index (χ1) is 6.72. The number of aldehydes is 1. The fourth-order valence-corrected chi connectivity index (χ4v) is 1.22. The SMILES string of the molecule is O=Cc1cn2cccc([N+](=O)[O-])c2n1. The van der Waals surface area contributed by atoms with Gasteiger partial charge >= 0.3 is 5.69 Å². The number of hydrogen-bond donors (Lipinski definition) is 0. The fourth-order valence-electron chi connectivity index (χ4n) is 1.22. The van der Waals surface area contributed by atoms with Crippen molar-refractivity contribution in [3.05, 3.63) is 40.3 Å². The highest BCUT2D eigenvalue weighted by Gasteiger charge is 2.13. The molecule has 0 fully saturated rings. The molecule has 0 saturated carbocycles. The first-order valence-electron chi connectivity index (χ1n) is 3.79. The molecule has 0 aliphatic heterocycles. The van der Waals surface area contributed by atoms with E-state index in [9.17, 15) is 14.9 Å². The molecule has 70 valence electrons. The molecule has 6 nitrogen and oxygen atoms in total. The van der Waals surface area contributed by atoms with E-state index in [1.165, 1.54) is 22.7 Å². The topological polar surface area (TPSA) is 77.5 Å². The second kappa shape index (κ2) is 2.91. The summed E-state index contributed by atoms with van der Waals surface area (Å²) in [6.07, 6.45) is 3.59. The molecule has 0 radical (unpaired) electrons. The molecule has 0 saturated heterocycles. The van der Waals surface area contributed by atoms with Gasteiger partial charge in [0.15, 0.2) is 6.29 Å². The third kappa shape index (κ3) is 1.13. The van der Waals surface area contributed by atoms with E-state index in [0.717, 1.165) is 0 Å². The number of rotatable bonds is 2. The van der Waals surface area contributed by atoms with Gasteiger partial charge in [0.2, 0.25) is 5.65 Å². The summed E-state index contributed by atoms with van der Waals surface area (Å²) in [5, 5.41) is 10.6. The highest BCUT2D eigenvalue weighted by Crippen LogP contribution is 2.17. The van der Waals surface area contributed by atoms with Crippen LogP contribution in [0, 0.1) is 10.1 Å². The quantitative estimate of drug-likeness (QED) is 0.404. The summed E-state index contributed by atoms with van der Waals surface area (Å²) < 4.78 is 1.45. The van der Waals surface area contributed by atoms with Gasteiger partial charge in [-0.05, 0) is 6.07 Å². The third-order valence-electron chi connectivity index (χ3n) is 1.80. The predicted molar refractivity (Wildman–Crippen MR) is 47.2 cm³/mol. The Kier molecular flexibility index (Phi) is 1.74. The molecule has 2 heterocycles. The van der Waals surface area contributed by atoms with E-state index >= 15 is 0 Å². The summed E-state index contributed by atoms with van der Waals surface area (Å²) >= 11 is 0. The van der Waals surface area contributed by atoms with Gasteiger partial charge in [-0.2, -0.15) is 0 Å². The Bertz CT molecular complexity index is 518. The molecule has 0 amide bonds. The second-order valence-corrected chi connectivity index (χ2v) is 2.67. The standard InChI is InChI=1S/C8H5N3O3/c12-5-6-4-10-3-1-2-7(11(13)14)8(10)9-6/h1-5H. The number of aromatic nitrogens is 2. The summed E-state index contributed by atoms with van der Waals surface area (Å²) in [6.45, 7) is 0. The zero-order chi connectivity index (χ0) is 10.1. The van der Waals surface area contributed by atoms with Gasteiger partial charge in [0.1, 0.15) is 5.69 Å². The Labute approximate surface area is 77.9 Å². The highest BCUT2D eigenvalue weighted by molar-refractivity contribution is 5.75. The molecule has 2 rings (SSSR count). The lowest BCUT2D eigenvalue weighted by molar-refractivity contribution is -0.383. The maximum atomic E-state index is 10.6. The van der Waals surface area contributed by atoms with Gasteiger partial charge in [-0.3, -0.25) is 14.9 Å². The van der Waals surface area contributed by atoms with Crippen molar-refractivity contribution in [1.82, 2.24) is 9.38 Å². The Morgan fingerprint density at radius 3 is 3.00 bits per heavy atom. The van der Waals surface area contributed by atoms with E-state index < -0.39 is 4.92 Å². The maximum Gasteiger partial charge on any atom is 0.312 e. The number of pyridine rings is 1. The van der Waals surface area contributed by atoms with Crippen LogP contribution in [0.2, 0.25) is 0 Å². The van der Waals surface area contributed by atoms with Crippen molar-refractivity contribution in [2.24, 2.45) is 0 Å². The minimum absolute atomic E-state index is 0.111. The van der Waals surface area contributed by atoms with Gasteiger partial charge in [-0.15, -0.1) is 0 Å². The van der Waals surface area contributed by atoms with E-state index in [-0.39, 0.29) is 17.0 Å². The van der Waals surface area contributed by atoms with Crippen LogP contribution in [0.5, 0.6) is 0 Å². The summed E-state index contributed by atoms with van der Waals surface area (Å²) in [5.41, 5.74) is 0.250. The number of hydrogen-bond acceptors (Lipinski definition) is 4. The zero-order valence-electron chi connectivity index (χ0n) is 6.95. The van der Waals surface area contributed by atoms with Gasteiger partial charge in [0.25, 0.3) is 0 Å². The normalized spacial score (nSPS) is 10.3. The van der Waals surface area contributed by atoms with Crippen molar-refractivity contribution in [1.29, 1.82) is 0 Å². The van der Waals surface area contributed by atoms with Crippen molar-refractivity contribution in [2.45, 2.75) is 0 Å². The molecule has 0 aliphatic carbocycles. The van der Waals surface area contributed by atoms with Gasteiger partial charge in [-0.1, -0.05) is 0 Å². The smallest absolute Gasteiger partial charge is 0.301 e. The Hall–Kier alpha value is -2.24. The average molecular weight is 191 g/mol. The highest BCUT2D eigenvalue weighted by atomic mass is 16.6. The van der Waals surface area contributed by atoms with E-state index in [1.54, 1.807) is 6.20 Å². The lowest BCUT2D eigenvalue weighted by Crippen LogP contribution is -1.92. The predicted octanol–water partition coefficient (Wildman–Crippen LogP) is 1.05. The van der Waals surface area contributed by atoms with E-state index in [2.05, 4.69) is 4.98 Å². The van der Waals surface area contributed by atoms with Gasteiger partial charge in [0.05, 0.1) is 4.92 Å². The van der Waals surface area contributed by atoms with Gasteiger partial charge in [-0.25, -0.2) is 4.98 Å². The molecule has 0 atom stereocenters. The van der Waals surface area contributed by atoms with Crippen molar-refractivity contribution < 1.29 is 9.72 Å². The maximum absolute atomic E-state index is 10.6. The Balaban J connectivity index is 2.79. The lowest BCUT2D eigenvalue weighted by Gasteiger charge is -1.92. The van der Waals surface area contributed by atoms with Crippen molar-refractivity contribution in [3.63, 3.8) is 0 Å². The Morgan fingerprint density at radius 2 is 2.36 bits per heavy atom. The van der Waals surface area contributed by atoms with Crippen LogP contribution < -0.4 is 0 Å². The molecule has 0 spiro atoms. The first kappa shape index (κ1) is 8.36.